The van der Waals surface area contributed by atoms with E-state index < -0.39 is 45.0 Å². The Morgan fingerprint density at radius 2 is 1.39 bits per heavy atom. The summed E-state index contributed by atoms with van der Waals surface area (Å²) in [7, 11) is 2.59. The summed E-state index contributed by atoms with van der Waals surface area (Å²) >= 11 is 26.5. The summed E-state index contributed by atoms with van der Waals surface area (Å²) in [4.78, 5) is 24.0. The molecule has 1 saturated heterocycles. The number of likely N-dealkylation sites (tertiary alicyclic amines) is 1. The molecule has 4 rings (SSSR count). The Labute approximate surface area is 180 Å². The number of carbonyl (C=O) groups excluding carboxylic acids is 2. The fraction of sp³-hybridized carbons (Fsp3) is 0.444. The summed E-state index contributed by atoms with van der Waals surface area (Å²) in [5, 5.41) is -0.166. The first kappa shape index (κ1) is 20.4. The van der Waals surface area contributed by atoms with Crippen LogP contribution in [0.4, 0.5) is 4.39 Å². The van der Waals surface area contributed by atoms with Gasteiger partial charge in [-0.2, -0.15) is 0 Å². The molecule has 3 aliphatic rings. The van der Waals surface area contributed by atoms with Gasteiger partial charge in [0.05, 0.1) is 28.4 Å². The first-order valence-corrected chi connectivity index (χ1v) is 9.77. The fourth-order valence-corrected chi connectivity index (χ4v) is 6.85. The van der Waals surface area contributed by atoms with Crippen LogP contribution in [0, 0.1) is 17.7 Å². The molecule has 4 atom stereocenters. The van der Waals surface area contributed by atoms with Crippen LogP contribution >= 0.6 is 46.4 Å². The van der Waals surface area contributed by atoms with Gasteiger partial charge in [0, 0.05) is 14.2 Å². The van der Waals surface area contributed by atoms with Crippen LogP contribution in [0.1, 0.15) is 5.56 Å². The smallest absolute Gasteiger partial charge is 0.235 e. The number of carbonyl (C=O) groups is 2. The topological polar surface area (TPSA) is 55.8 Å². The summed E-state index contributed by atoms with van der Waals surface area (Å²) in [6.07, 6.45) is 0. The summed E-state index contributed by atoms with van der Waals surface area (Å²) < 4.78 is 24.2. The highest BCUT2D eigenvalue weighted by Gasteiger charge is 2.89. The number of amides is 2. The second-order valence-corrected chi connectivity index (χ2v) is 8.87. The van der Waals surface area contributed by atoms with Gasteiger partial charge in [-0.25, -0.2) is 4.39 Å². The molecule has 1 heterocycles. The number of ether oxygens (including phenoxy) is 2. The molecule has 28 heavy (non-hydrogen) atoms. The molecule has 2 aliphatic carbocycles. The van der Waals surface area contributed by atoms with Crippen molar-refractivity contribution in [3.05, 3.63) is 45.7 Å². The predicted molar refractivity (Wildman–Crippen MR) is 102 cm³/mol. The molecule has 2 amide bonds. The van der Waals surface area contributed by atoms with E-state index in [2.05, 4.69) is 0 Å². The zero-order valence-electron chi connectivity index (χ0n) is 14.6. The molecule has 1 aromatic rings. The van der Waals surface area contributed by atoms with Gasteiger partial charge in [-0.3, -0.25) is 14.5 Å². The maximum absolute atomic E-state index is 13.2. The van der Waals surface area contributed by atoms with Crippen LogP contribution in [-0.4, -0.2) is 46.5 Å². The van der Waals surface area contributed by atoms with Gasteiger partial charge in [-0.15, -0.1) is 23.2 Å². The molecule has 5 nitrogen and oxygen atoms in total. The molecule has 1 aliphatic heterocycles. The van der Waals surface area contributed by atoms with Crippen molar-refractivity contribution in [3.8, 4) is 0 Å². The van der Waals surface area contributed by atoms with Crippen LogP contribution in [-0.2, 0) is 25.6 Å². The Kier molecular flexibility index (Phi) is 4.59. The van der Waals surface area contributed by atoms with Crippen molar-refractivity contribution in [2.24, 2.45) is 11.8 Å². The summed E-state index contributed by atoms with van der Waals surface area (Å²) in [5.74, 6) is -5.64. The minimum absolute atomic E-state index is 0.0624. The van der Waals surface area contributed by atoms with Gasteiger partial charge in [0.15, 0.2) is 0 Å². The Morgan fingerprint density at radius 3 is 1.79 bits per heavy atom. The average molecular weight is 469 g/mol. The van der Waals surface area contributed by atoms with Gasteiger partial charge < -0.3 is 9.47 Å². The Bertz CT molecular complexity index is 873. The molecule has 1 saturated carbocycles. The van der Waals surface area contributed by atoms with E-state index in [4.69, 9.17) is 55.9 Å². The summed E-state index contributed by atoms with van der Waals surface area (Å²) in [6, 6.07) is 5.46. The van der Waals surface area contributed by atoms with E-state index >= 15 is 0 Å². The quantitative estimate of drug-likeness (QED) is 0.385. The third-order valence-corrected chi connectivity index (χ3v) is 8.48. The van der Waals surface area contributed by atoms with Crippen molar-refractivity contribution >= 4 is 58.2 Å². The van der Waals surface area contributed by atoms with E-state index in [1.54, 1.807) is 0 Å². The van der Waals surface area contributed by atoms with Crippen LogP contribution in [0.15, 0.2) is 34.3 Å². The minimum Gasteiger partial charge on any atom is -0.350 e. The van der Waals surface area contributed by atoms with Gasteiger partial charge in [-0.1, -0.05) is 35.3 Å². The van der Waals surface area contributed by atoms with Crippen molar-refractivity contribution in [1.82, 2.24) is 4.90 Å². The Balaban J connectivity index is 1.81. The molecular weight excluding hydrogens is 455 g/mol. The van der Waals surface area contributed by atoms with E-state index in [0.717, 1.165) is 4.90 Å². The zero-order valence-corrected chi connectivity index (χ0v) is 17.7. The van der Waals surface area contributed by atoms with Gasteiger partial charge in [0.2, 0.25) is 17.6 Å². The van der Waals surface area contributed by atoms with Gasteiger partial charge >= 0.3 is 0 Å². The van der Waals surface area contributed by atoms with Crippen molar-refractivity contribution in [1.29, 1.82) is 0 Å². The van der Waals surface area contributed by atoms with Crippen molar-refractivity contribution in [2.45, 2.75) is 22.1 Å². The van der Waals surface area contributed by atoms with Gasteiger partial charge in [-0.05, 0) is 17.7 Å². The van der Waals surface area contributed by atoms with Crippen LogP contribution in [0.2, 0.25) is 0 Å². The summed E-state index contributed by atoms with van der Waals surface area (Å²) in [6.45, 7) is -0.0624. The van der Waals surface area contributed by atoms with Gasteiger partial charge in [0.25, 0.3) is 0 Å². The number of benzene rings is 1. The van der Waals surface area contributed by atoms with E-state index in [1.807, 2.05) is 0 Å². The fourth-order valence-electron chi connectivity index (χ4n) is 4.69. The molecule has 0 N–H and O–H groups in total. The van der Waals surface area contributed by atoms with Crippen LogP contribution in [0.3, 0.4) is 0 Å². The molecule has 4 unspecified atom stereocenters. The first-order valence-electron chi connectivity index (χ1n) is 8.25. The number of hydrogen-bond donors (Lipinski definition) is 0. The van der Waals surface area contributed by atoms with E-state index in [0.29, 0.717) is 5.56 Å². The highest BCUT2D eigenvalue weighted by Crippen LogP contribution is 2.75. The molecule has 2 bridgehead atoms. The number of alkyl halides is 2. The standard InChI is InChI=1S/C18H14Cl4FNO4/c1-27-18(28-2)16(21)10-11(17(18,22)13(20)12(16)19)15(26)24(14(10)25)7-8-3-5-9(23)6-4-8/h3-6,10-11H,7H2,1-2H3. The number of nitrogens with zero attached hydrogens (tertiary/aromatic N) is 1. The van der Waals surface area contributed by atoms with Crippen molar-refractivity contribution in [2.75, 3.05) is 14.2 Å². The molecule has 0 aromatic heterocycles. The lowest BCUT2D eigenvalue weighted by atomic mass is 9.84. The highest BCUT2D eigenvalue weighted by molar-refractivity contribution is 6.53. The zero-order chi connectivity index (χ0) is 20.6. The maximum Gasteiger partial charge on any atom is 0.235 e. The predicted octanol–water partition coefficient (Wildman–Crippen LogP) is 3.59. The number of hydrogen-bond acceptors (Lipinski definition) is 4. The SMILES string of the molecule is COC1(OC)C2(Cl)C(Cl)=C(Cl)C1(Cl)C1C(=O)N(Cc3ccc(F)cc3)C(=O)C12. The molecule has 0 spiro atoms. The molecular formula is C18H14Cl4FNO4. The number of imide groups is 1. The number of halogens is 5. The van der Waals surface area contributed by atoms with Gasteiger partial charge in [0.1, 0.15) is 15.6 Å². The van der Waals surface area contributed by atoms with Crippen molar-refractivity contribution in [3.63, 3.8) is 0 Å². The minimum atomic E-state index is -1.81. The second-order valence-electron chi connectivity index (χ2n) is 6.92. The molecule has 150 valence electrons. The average Bonchev–Trinajstić information content (AvgIpc) is 3.08. The Morgan fingerprint density at radius 1 is 0.964 bits per heavy atom. The lowest BCUT2D eigenvalue weighted by Gasteiger charge is -2.42. The third-order valence-electron chi connectivity index (χ3n) is 5.87. The van der Waals surface area contributed by atoms with E-state index in [-0.39, 0.29) is 16.6 Å². The number of rotatable bonds is 4. The lowest BCUT2D eigenvalue weighted by molar-refractivity contribution is -0.222. The summed E-state index contributed by atoms with van der Waals surface area (Å²) in [5.41, 5.74) is 0.567. The first-order chi connectivity index (χ1) is 13.1. The van der Waals surface area contributed by atoms with Crippen molar-refractivity contribution < 1.29 is 23.5 Å². The largest absolute Gasteiger partial charge is 0.350 e. The van der Waals surface area contributed by atoms with Crippen LogP contribution in [0.5, 0.6) is 0 Å². The maximum atomic E-state index is 13.2. The molecule has 0 radical (unpaired) electrons. The van der Waals surface area contributed by atoms with Crippen LogP contribution < -0.4 is 0 Å². The lowest BCUT2D eigenvalue weighted by Crippen LogP contribution is -2.60. The van der Waals surface area contributed by atoms with E-state index in [1.165, 1.54) is 38.5 Å². The molecule has 1 aromatic carbocycles. The molecule has 10 heteroatoms. The Hall–Kier alpha value is -0.890. The number of methoxy groups -OCH3 is 2. The van der Waals surface area contributed by atoms with Crippen LogP contribution in [0.25, 0.3) is 0 Å². The highest BCUT2D eigenvalue weighted by atomic mass is 35.5. The molecule has 2 fully saturated rings. The number of fused-ring (bicyclic) bond motifs is 5. The van der Waals surface area contributed by atoms with E-state index in [9.17, 15) is 14.0 Å². The third kappa shape index (κ3) is 2.02. The second kappa shape index (κ2) is 6.30. The normalized spacial score (nSPS) is 35.9. The monoisotopic (exact) mass is 467 g/mol.